The molecular formula is C27H31N. The number of hydrogen-bond donors (Lipinski definition) is 1. The Hall–Kier alpha value is -2.76. The Balaban J connectivity index is 2.06. The van der Waals surface area contributed by atoms with E-state index in [-0.39, 0.29) is 5.41 Å². The number of hydrogen-bond acceptors (Lipinski definition) is 1. The van der Waals surface area contributed by atoms with E-state index in [1.165, 1.54) is 27.9 Å². The summed E-state index contributed by atoms with van der Waals surface area (Å²) in [6.45, 7) is 13.2. The van der Waals surface area contributed by atoms with Crippen molar-refractivity contribution in [2.75, 3.05) is 7.05 Å². The average Bonchev–Trinajstić information content (AvgIpc) is 2.87. The Morgan fingerprint density at radius 2 is 2.11 bits per heavy atom. The second-order valence-electron chi connectivity index (χ2n) is 8.01. The molecule has 144 valence electrons. The molecule has 28 heavy (non-hydrogen) atoms. The third-order valence-corrected chi connectivity index (χ3v) is 5.80. The van der Waals surface area contributed by atoms with Crippen molar-refractivity contribution in [3.8, 4) is 0 Å². The lowest BCUT2D eigenvalue weighted by Gasteiger charge is -2.33. The second kappa shape index (κ2) is 8.50. The summed E-state index contributed by atoms with van der Waals surface area (Å²) in [5, 5.41) is 3.07. The molecule has 0 bridgehead atoms. The molecule has 0 heterocycles. The van der Waals surface area contributed by atoms with E-state index in [1.807, 2.05) is 13.2 Å². The fraction of sp³-hybridized carbons (Fsp3) is 0.296. The van der Waals surface area contributed by atoms with Crippen LogP contribution in [-0.4, -0.2) is 7.05 Å². The van der Waals surface area contributed by atoms with Crippen LogP contribution in [0.4, 0.5) is 0 Å². The van der Waals surface area contributed by atoms with Crippen LogP contribution >= 0.6 is 0 Å². The fourth-order valence-corrected chi connectivity index (χ4v) is 3.93. The van der Waals surface area contributed by atoms with Gasteiger partial charge in [0.25, 0.3) is 0 Å². The normalized spacial score (nSPS) is 19.9. The van der Waals surface area contributed by atoms with Gasteiger partial charge in [0, 0.05) is 18.9 Å². The molecule has 0 fully saturated rings. The van der Waals surface area contributed by atoms with Crippen LogP contribution in [0.15, 0.2) is 113 Å². The Labute approximate surface area is 170 Å². The molecule has 0 amide bonds. The lowest BCUT2D eigenvalue weighted by atomic mass is 9.70. The van der Waals surface area contributed by atoms with Crippen molar-refractivity contribution in [2.24, 2.45) is 5.41 Å². The van der Waals surface area contributed by atoms with Crippen molar-refractivity contribution in [1.29, 1.82) is 0 Å². The number of rotatable bonds is 6. The van der Waals surface area contributed by atoms with Gasteiger partial charge in [0.1, 0.15) is 0 Å². The topological polar surface area (TPSA) is 12.0 Å². The molecule has 0 atom stereocenters. The van der Waals surface area contributed by atoms with Crippen LogP contribution < -0.4 is 5.32 Å². The Bertz CT molecular complexity index is 929. The van der Waals surface area contributed by atoms with Crippen LogP contribution in [0.1, 0.15) is 39.5 Å². The van der Waals surface area contributed by atoms with Crippen LogP contribution in [0.5, 0.6) is 0 Å². The van der Waals surface area contributed by atoms with Gasteiger partial charge < -0.3 is 5.32 Å². The van der Waals surface area contributed by atoms with Gasteiger partial charge in [-0.05, 0) is 76.6 Å². The Morgan fingerprint density at radius 1 is 1.32 bits per heavy atom. The molecule has 0 aromatic heterocycles. The Morgan fingerprint density at radius 3 is 2.79 bits per heavy atom. The van der Waals surface area contributed by atoms with E-state index in [9.17, 15) is 0 Å². The van der Waals surface area contributed by atoms with Gasteiger partial charge in [-0.2, -0.15) is 0 Å². The molecule has 3 aliphatic carbocycles. The minimum absolute atomic E-state index is 0.0410. The molecular weight excluding hydrogens is 338 g/mol. The molecule has 1 N–H and O–H groups in total. The van der Waals surface area contributed by atoms with Crippen LogP contribution in [0, 0.1) is 5.41 Å². The molecule has 0 saturated carbocycles. The first-order valence-electron chi connectivity index (χ1n) is 10.1. The molecule has 3 aliphatic rings. The van der Waals surface area contributed by atoms with Crippen molar-refractivity contribution in [1.82, 2.24) is 5.32 Å². The van der Waals surface area contributed by atoms with Crippen LogP contribution in [0.3, 0.4) is 0 Å². The van der Waals surface area contributed by atoms with Gasteiger partial charge >= 0.3 is 0 Å². The van der Waals surface area contributed by atoms with Gasteiger partial charge in [0.2, 0.25) is 0 Å². The van der Waals surface area contributed by atoms with Gasteiger partial charge in [-0.25, -0.2) is 0 Å². The highest BCUT2D eigenvalue weighted by atomic mass is 14.8. The number of nitrogens with one attached hydrogen (secondary N) is 1. The van der Waals surface area contributed by atoms with Gasteiger partial charge in [-0.15, -0.1) is 5.73 Å². The SMILES string of the molecule is C=C1C=CC=C2CCC=C(/C(=C\C/C=C/NC)C(C)(C)C3=C=CC3)C=C2C1=C. The first-order chi connectivity index (χ1) is 13.4. The molecule has 0 aromatic rings. The van der Waals surface area contributed by atoms with Crippen molar-refractivity contribution >= 4 is 0 Å². The molecule has 0 aliphatic heterocycles. The predicted octanol–water partition coefficient (Wildman–Crippen LogP) is 6.80. The van der Waals surface area contributed by atoms with E-state index in [0.29, 0.717) is 0 Å². The zero-order valence-corrected chi connectivity index (χ0v) is 17.4. The zero-order chi connectivity index (χ0) is 20.1. The first-order valence-corrected chi connectivity index (χ1v) is 10.1. The third-order valence-electron chi connectivity index (χ3n) is 5.80. The van der Waals surface area contributed by atoms with E-state index in [4.69, 9.17) is 0 Å². The molecule has 0 unspecified atom stereocenters. The maximum atomic E-state index is 4.34. The zero-order valence-electron chi connectivity index (χ0n) is 17.4. The average molecular weight is 370 g/mol. The maximum absolute atomic E-state index is 4.34. The fourth-order valence-electron chi connectivity index (χ4n) is 3.93. The number of fused-ring (bicyclic) bond motifs is 1. The summed E-state index contributed by atoms with van der Waals surface area (Å²) in [6.07, 6.45) is 23.7. The van der Waals surface area contributed by atoms with Crippen molar-refractivity contribution in [3.63, 3.8) is 0 Å². The van der Waals surface area contributed by atoms with Crippen molar-refractivity contribution < 1.29 is 0 Å². The summed E-state index contributed by atoms with van der Waals surface area (Å²) in [6, 6.07) is 0. The monoisotopic (exact) mass is 369 g/mol. The molecule has 0 spiro atoms. The van der Waals surface area contributed by atoms with E-state index in [0.717, 1.165) is 36.8 Å². The van der Waals surface area contributed by atoms with Crippen LogP contribution in [0.2, 0.25) is 0 Å². The van der Waals surface area contributed by atoms with E-state index in [1.54, 1.807) is 0 Å². The molecule has 0 radical (unpaired) electrons. The molecule has 1 nitrogen and oxygen atoms in total. The number of allylic oxidation sites excluding steroid dienone is 14. The van der Waals surface area contributed by atoms with Gasteiger partial charge in [0.15, 0.2) is 0 Å². The smallest absolute Gasteiger partial charge is 0.0187 e. The quantitative estimate of drug-likeness (QED) is 0.508. The lowest BCUT2D eigenvalue weighted by Crippen LogP contribution is -2.21. The summed E-state index contributed by atoms with van der Waals surface area (Å²) in [5.74, 6) is 0. The highest BCUT2D eigenvalue weighted by Gasteiger charge is 2.31. The van der Waals surface area contributed by atoms with E-state index >= 15 is 0 Å². The molecule has 0 saturated heterocycles. The van der Waals surface area contributed by atoms with Gasteiger partial charge in [-0.3, -0.25) is 0 Å². The summed E-state index contributed by atoms with van der Waals surface area (Å²) in [5.41, 5.74) is 12.0. The van der Waals surface area contributed by atoms with Crippen molar-refractivity contribution in [2.45, 2.75) is 39.5 Å². The Kier molecular flexibility index (Phi) is 6.07. The largest absolute Gasteiger partial charge is 0.394 e. The summed E-state index contributed by atoms with van der Waals surface area (Å²) < 4.78 is 0. The van der Waals surface area contributed by atoms with Gasteiger partial charge in [0.05, 0.1) is 0 Å². The van der Waals surface area contributed by atoms with E-state index < -0.39 is 0 Å². The van der Waals surface area contributed by atoms with E-state index in [2.05, 4.69) is 86.7 Å². The first kappa shape index (κ1) is 20.0. The minimum Gasteiger partial charge on any atom is -0.394 e. The highest BCUT2D eigenvalue weighted by molar-refractivity contribution is 5.65. The molecule has 3 rings (SSSR count). The van der Waals surface area contributed by atoms with Crippen LogP contribution in [-0.2, 0) is 0 Å². The summed E-state index contributed by atoms with van der Waals surface area (Å²) in [4.78, 5) is 0. The molecule has 1 heteroatoms. The second-order valence-corrected chi connectivity index (χ2v) is 8.01. The van der Waals surface area contributed by atoms with Gasteiger partial charge in [-0.1, -0.05) is 63.5 Å². The molecule has 0 aromatic carbocycles. The summed E-state index contributed by atoms with van der Waals surface area (Å²) in [7, 11) is 1.93. The van der Waals surface area contributed by atoms with Crippen LogP contribution in [0.25, 0.3) is 0 Å². The third kappa shape index (κ3) is 4.06. The lowest BCUT2D eigenvalue weighted by molar-refractivity contribution is 0.527. The van der Waals surface area contributed by atoms with Crippen molar-refractivity contribution in [3.05, 3.63) is 113 Å². The predicted molar refractivity (Wildman–Crippen MR) is 122 cm³/mol. The summed E-state index contributed by atoms with van der Waals surface area (Å²) >= 11 is 0. The highest BCUT2D eigenvalue weighted by Crippen LogP contribution is 2.45. The standard InChI is InChI=1S/C27H31N/c1-20-11-8-12-22-13-9-14-23(19-25(22)21(20)2)26(17-6-7-18-28-5)27(3,4)24-15-10-16-24/h7-8,10-12,14,17-19,28H,1-2,6,9,13,15H2,3-5H3/b18-7+,26-17+. The minimum atomic E-state index is -0.0410. The maximum Gasteiger partial charge on any atom is 0.0187 e.